The minimum atomic E-state index is -4.71. The van der Waals surface area contributed by atoms with E-state index in [0.29, 0.717) is 51.0 Å². The number of nitrogens with zero attached hydrogens (tertiary/aromatic N) is 5. The van der Waals surface area contributed by atoms with Gasteiger partial charge in [-0.3, -0.25) is 9.69 Å². The van der Waals surface area contributed by atoms with Crippen LogP contribution in [0.4, 0.5) is 34.9 Å². The van der Waals surface area contributed by atoms with E-state index in [1.54, 1.807) is 6.07 Å². The molecule has 0 spiro atoms. The molecular formula is C28H33F4N7O2. The normalized spacial score (nSPS) is 22.1. The summed E-state index contributed by atoms with van der Waals surface area (Å²) in [5.74, 6) is -1.11. The minimum absolute atomic E-state index is 0.0478. The number of halogens is 4. The van der Waals surface area contributed by atoms with Gasteiger partial charge in [-0.1, -0.05) is 6.08 Å². The van der Waals surface area contributed by atoms with E-state index in [4.69, 9.17) is 4.74 Å². The number of piperazine rings is 1. The van der Waals surface area contributed by atoms with Crippen molar-refractivity contribution < 1.29 is 27.1 Å². The van der Waals surface area contributed by atoms with E-state index in [1.165, 1.54) is 18.3 Å². The highest BCUT2D eigenvalue weighted by Crippen LogP contribution is 2.37. The van der Waals surface area contributed by atoms with Crippen LogP contribution in [0.1, 0.15) is 13.8 Å². The Morgan fingerprint density at radius 3 is 2.51 bits per heavy atom. The number of carbonyl (C=O) groups is 1. The molecule has 0 aliphatic carbocycles. The van der Waals surface area contributed by atoms with Gasteiger partial charge in [0.05, 0.1) is 41.4 Å². The molecule has 0 saturated carbocycles. The lowest BCUT2D eigenvalue weighted by atomic mass is 10.0. The maximum absolute atomic E-state index is 15.8. The molecular weight excluding hydrogens is 542 g/mol. The molecule has 2 atom stereocenters. The van der Waals surface area contributed by atoms with Crippen LogP contribution in [0.15, 0.2) is 47.8 Å². The number of amides is 1. The summed E-state index contributed by atoms with van der Waals surface area (Å²) < 4.78 is 62.3. The minimum Gasteiger partial charge on any atom is -0.387 e. The second-order valence-electron chi connectivity index (χ2n) is 10.5. The van der Waals surface area contributed by atoms with Gasteiger partial charge in [-0.25, -0.2) is 14.4 Å². The first kappa shape index (κ1) is 28.8. The number of alkyl halides is 3. The Morgan fingerprint density at radius 1 is 1.12 bits per heavy atom. The summed E-state index contributed by atoms with van der Waals surface area (Å²) in [4.78, 5) is 28.3. The summed E-state index contributed by atoms with van der Waals surface area (Å²) in [5, 5.41) is 5.33. The third-order valence-electron chi connectivity index (χ3n) is 7.76. The van der Waals surface area contributed by atoms with Gasteiger partial charge in [0, 0.05) is 62.8 Å². The number of anilines is 3. The molecule has 13 heteroatoms. The molecule has 2 N–H and O–H groups in total. The summed E-state index contributed by atoms with van der Waals surface area (Å²) in [5.41, 5.74) is -0.609. The number of hydrogen-bond acceptors (Lipinski definition) is 8. The number of likely N-dealkylation sites (N-methyl/N-ethyl adjacent to an activating group) is 1. The van der Waals surface area contributed by atoms with Gasteiger partial charge in [0.1, 0.15) is 5.82 Å². The van der Waals surface area contributed by atoms with Crippen LogP contribution in [-0.4, -0.2) is 92.0 Å². The number of carbonyl (C=O) groups excluding carboxylic acids is 1. The average molecular weight is 576 g/mol. The summed E-state index contributed by atoms with van der Waals surface area (Å²) in [7, 11) is 2.01. The molecule has 1 amide bonds. The Bertz CT molecular complexity index is 1350. The number of ether oxygens (including phenoxy) is 1. The molecule has 3 aliphatic rings. The molecule has 2 saturated heterocycles. The van der Waals surface area contributed by atoms with Crippen LogP contribution in [-0.2, 0) is 9.53 Å². The monoisotopic (exact) mass is 575 g/mol. The summed E-state index contributed by atoms with van der Waals surface area (Å²) in [6.45, 7) is 7.32. The smallest absolute Gasteiger partial charge is 0.387 e. The molecule has 2 fully saturated rings. The van der Waals surface area contributed by atoms with Crippen LogP contribution in [0.3, 0.4) is 0 Å². The lowest BCUT2D eigenvalue weighted by molar-refractivity contribution is -0.115. The number of hydrogen-bond donors (Lipinski definition) is 2. The van der Waals surface area contributed by atoms with E-state index in [9.17, 15) is 18.0 Å². The Kier molecular flexibility index (Phi) is 8.18. The van der Waals surface area contributed by atoms with Crippen LogP contribution in [0.5, 0.6) is 0 Å². The van der Waals surface area contributed by atoms with Gasteiger partial charge in [0.15, 0.2) is 0 Å². The lowest BCUT2D eigenvalue weighted by Crippen LogP contribution is -2.55. The number of dihydropyridines is 1. The topological polar surface area (TPSA) is 85.9 Å². The second kappa shape index (κ2) is 11.6. The van der Waals surface area contributed by atoms with E-state index < -0.39 is 29.0 Å². The first-order valence-electron chi connectivity index (χ1n) is 13.5. The highest BCUT2D eigenvalue weighted by Gasteiger charge is 2.39. The number of morpholine rings is 1. The molecule has 2 aromatic rings. The molecule has 1 aromatic heterocycles. The predicted octanol–water partition coefficient (Wildman–Crippen LogP) is 3.56. The Morgan fingerprint density at radius 2 is 1.83 bits per heavy atom. The molecule has 0 unspecified atom stereocenters. The van der Waals surface area contributed by atoms with Crippen molar-refractivity contribution in [2.75, 3.05) is 68.1 Å². The van der Waals surface area contributed by atoms with E-state index in [1.807, 2.05) is 30.7 Å². The standard InChI is InChI=1S/C28H33F4N7O2/c1-17-15-39(16-18(2)37(17)3)25-13-22(29)19(23-5-7-34-27(36-23)38-8-10-41-11-9-38)12-24(25)35-26(40)20-14-33-6-4-21(20)28(30,31)32/h4-5,7,12-14,17-18,33H,6,8-11,15-16H2,1-3H3,(H,35,40)/t17-,18+. The second-order valence-corrected chi connectivity index (χ2v) is 10.5. The van der Waals surface area contributed by atoms with E-state index in [0.717, 1.165) is 12.3 Å². The Hall–Kier alpha value is -3.71. The molecule has 1 aromatic carbocycles. The zero-order chi connectivity index (χ0) is 29.3. The maximum Gasteiger partial charge on any atom is 0.416 e. The first-order chi connectivity index (χ1) is 19.5. The fourth-order valence-electron chi connectivity index (χ4n) is 5.29. The molecule has 3 aliphatic heterocycles. The summed E-state index contributed by atoms with van der Waals surface area (Å²) >= 11 is 0. The SMILES string of the molecule is C[C@@H]1CN(c2cc(F)c(-c3ccnc(N4CCOCC4)n3)cc2NC(=O)C2=CNCC=C2C(F)(F)F)C[C@H](C)N1C. The lowest BCUT2D eigenvalue weighted by Gasteiger charge is -2.44. The van der Waals surface area contributed by atoms with E-state index >= 15 is 4.39 Å². The van der Waals surface area contributed by atoms with Crippen molar-refractivity contribution in [3.63, 3.8) is 0 Å². The van der Waals surface area contributed by atoms with Crippen LogP contribution in [0.25, 0.3) is 11.3 Å². The fourth-order valence-corrected chi connectivity index (χ4v) is 5.29. The molecule has 0 bridgehead atoms. The van der Waals surface area contributed by atoms with Crippen LogP contribution in [0, 0.1) is 5.82 Å². The van der Waals surface area contributed by atoms with Crippen molar-refractivity contribution in [1.82, 2.24) is 20.2 Å². The third-order valence-corrected chi connectivity index (χ3v) is 7.76. The number of benzene rings is 1. The maximum atomic E-state index is 15.8. The summed E-state index contributed by atoms with van der Waals surface area (Å²) in [6, 6.07) is 4.56. The number of nitrogens with one attached hydrogen (secondary N) is 2. The van der Waals surface area contributed by atoms with Gasteiger partial charge in [0.2, 0.25) is 5.95 Å². The zero-order valence-corrected chi connectivity index (χ0v) is 23.1. The van der Waals surface area contributed by atoms with E-state index in [-0.39, 0.29) is 35.6 Å². The highest BCUT2D eigenvalue weighted by molar-refractivity contribution is 6.09. The number of rotatable bonds is 5. The van der Waals surface area contributed by atoms with Gasteiger partial charge < -0.3 is 25.2 Å². The molecule has 0 radical (unpaired) electrons. The average Bonchev–Trinajstić information content (AvgIpc) is 2.96. The van der Waals surface area contributed by atoms with E-state index in [2.05, 4.69) is 25.5 Å². The van der Waals surface area contributed by atoms with Gasteiger partial charge in [-0.15, -0.1) is 0 Å². The van der Waals surface area contributed by atoms with Gasteiger partial charge in [-0.05, 0) is 39.1 Å². The third kappa shape index (κ3) is 6.15. The highest BCUT2D eigenvalue weighted by atomic mass is 19.4. The van der Waals surface area contributed by atoms with Crippen molar-refractivity contribution in [2.45, 2.75) is 32.1 Å². The molecule has 220 valence electrons. The quantitative estimate of drug-likeness (QED) is 0.524. The largest absolute Gasteiger partial charge is 0.416 e. The van der Waals surface area contributed by atoms with Crippen molar-refractivity contribution in [3.8, 4) is 11.3 Å². The fraction of sp³-hybridized carbons (Fsp3) is 0.464. The molecule has 41 heavy (non-hydrogen) atoms. The summed E-state index contributed by atoms with van der Waals surface area (Å²) in [6.07, 6.45) is -1.19. The van der Waals surface area contributed by atoms with Gasteiger partial charge in [0.25, 0.3) is 5.91 Å². The molecule has 5 rings (SSSR count). The Balaban J connectivity index is 1.54. The predicted molar refractivity (Wildman–Crippen MR) is 148 cm³/mol. The van der Waals surface area contributed by atoms with Gasteiger partial charge >= 0.3 is 6.18 Å². The van der Waals surface area contributed by atoms with Crippen molar-refractivity contribution in [1.29, 1.82) is 0 Å². The van der Waals surface area contributed by atoms with Gasteiger partial charge in [-0.2, -0.15) is 13.2 Å². The van der Waals surface area contributed by atoms with Crippen molar-refractivity contribution >= 4 is 23.2 Å². The molecule has 4 heterocycles. The van der Waals surface area contributed by atoms with Crippen molar-refractivity contribution in [2.24, 2.45) is 0 Å². The van der Waals surface area contributed by atoms with Crippen molar-refractivity contribution in [3.05, 3.63) is 53.6 Å². The zero-order valence-electron chi connectivity index (χ0n) is 23.1. The number of aromatic nitrogens is 2. The molecule has 9 nitrogen and oxygen atoms in total. The van der Waals surface area contributed by atoms with Crippen LogP contribution < -0.4 is 20.4 Å². The van der Waals surface area contributed by atoms with Crippen LogP contribution in [0.2, 0.25) is 0 Å². The first-order valence-corrected chi connectivity index (χ1v) is 13.5. The Labute approximate surface area is 235 Å². The van der Waals surface area contributed by atoms with Crippen LogP contribution >= 0.6 is 0 Å².